The minimum Gasteiger partial charge on any atom is -0.309 e. The van der Waals surface area contributed by atoms with Crippen molar-refractivity contribution in [1.29, 1.82) is 0 Å². The highest BCUT2D eigenvalue weighted by atomic mass is 32.2. The Morgan fingerprint density at radius 1 is 0.302 bits per heavy atom. The fourth-order valence-electron chi connectivity index (χ4n) is 10.4. The molecule has 1 saturated heterocycles. The number of benzene rings is 10. The molecule has 13 rings (SSSR count). The van der Waals surface area contributed by atoms with E-state index in [4.69, 9.17) is 0 Å². The Balaban J connectivity index is 0.757. The van der Waals surface area contributed by atoms with Crippen molar-refractivity contribution in [2.45, 2.75) is 23.3 Å². The Bertz CT molecular complexity index is 3480. The van der Waals surface area contributed by atoms with Gasteiger partial charge in [0.1, 0.15) is 0 Å². The summed E-state index contributed by atoms with van der Waals surface area (Å²) >= 11 is 2.13. The summed E-state index contributed by atoms with van der Waals surface area (Å²) in [5, 5.41) is 11.3. The molecule has 2 atom stereocenters. The highest BCUT2D eigenvalue weighted by Gasteiger charge is 2.28. The first-order valence-corrected chi connectivity index (χ1v) is 23.1. The lowest BCUT2D eigenvalue weighted by atomic mass is 9.96. The van der Waals surface area contributed by atoms with E-state index in [0.29, 0.717) is 10.5 Å². The van der Waals surface area contributed by atoms with E-state index in [1.54, 1.807) is 0 Å². The first kappa shape index (κ1) is 36.3. The van der Waals surface area contributed by atoms with Gasteiger partial charge in [0.2, 0.25) is 0 Å². The summed E-state index contributed by atoms with van der Waals surface area (Å²) in [6.45, 7) is 0. The standard InChI is InChI=1S/C60H42N2S/c1-3-11-49(12-4-1)61-55-17-9-7-15-51(55)53-29-27-45(37-57(53)61)41-19-21-43-35-47(25-23-39(43)33-41)59-31-32-60(63-59)48-26-24-40-34-42(20-22-44(40)36-48)46-28-30-54-52-16-8-10-18-56(52)62(58(54)38-46)50-13-5-2-6-14-50/h1-30,33-38,59-60H,31-32H2. The van der Waals surface area contributed by atoms with Gasteiger partial charge in [-0.05, 0) is 128 Å². The van der Waals surface area contributed by atoms with Crippen molar-refractivity contribution in [1.82, 2.24) is 9.13 Å². The smallest absolute Gasteiger partial charge is 0.0547 e. The molecule has 1 aliphatic heterocycles. The van der Waals surface area contributed by atoms with Crippen LogP contribution in [0.5, 0.6) is 0 Å². The predicted molar refractivity (Wildman–Crippen MR) is 270 cm³/mol. The number of fused-ring (bicyclic) bond motifs is 8. The Labute approximate surface area is 370 Å². The monoisotopic (exact) mass is 822 g/mol. The summed E-state index contributed by atoms with van der Waals surface area (Å²) in [6, 6.07) is 81.1. The second-order valence-corrected chi connectivity index (χ2v) is 18.6. The number of thioether (sulfide) groups is 1. The van der Waals surface area contributed by atoms with Crippen LogP contribution in [0.25, 0.3) is 98.8 Å². The molecular weight excluding hydrogens is 781 g/mol. The molecule has 0 N–H and O–H groups in total. The lowest BCUT2D eigenvalue weighted by Crippen LogP contribution is -1.93. The third-order valence-corrected chi connectivity index (χ3v) is 15.2. The second kappa shape index (κ2) is 14.7. The molecular formula is C60H42N2S. The Kier molecular flexibility index (Phi) is 8.45. The summed E-state index contributed by atoms with van der Waals surface area (Å²) in [6.07, 6.45) is 2.38. The summed E-state index contributed by atoms with van der Waals surface area (Å²) in [4.78, 5) is 0. The van der Waals surface area contributed by atoms with Crippen molar-refractivity contribution >= 4 is 76.9 Å². The molecule has 0 aliphatic carbocycles. The fraction of sp³-hybridized carbons (Fsp3) is 0.0667. The van der Waals surface area contributed by atoms with Crippen molar-refractivity contribution in [2.75, 3.05) is 0 Å². The van der Waals surface area contributed by atoms with Crippen LogP contribution in [0.1, 0.15) is 34.5 Å². The van der Waals surface area contributed by atoms with Gasteiger partial charge in [0.25, 0.3) is 0 Å². The molecule has 0 spiro atoms. The summed E-state index contributed by atoms with van der Waals surface area (Å²) < 4.78 is 4.80. The average molecular weight is 823 g/mol. The van der Waals surface area contributed by atoms with Crippen molar-refractivity contribution < 1.29 is 0 Å². The molecule has 3 heteroatoms. The van der Waals surface area contributed by atoms with Crippen LogP contribution in [-0.2, 0) is 0 Å². The van der Waals surface area contributed by atoms with Gasteiger partial charge < -0.3 is 9.13 Å². The van der Waals surface area contributed by atoms with E-state index in [2.05, 4.69) is 239 Å². The molecule has 0 saturated carbocycles. The number of para-hydroxylation sites is 4. The number of hydrogen-bond donors (Lipinski definition) is 0. The number of rotatable bonds is 6. The van der Waals surface area contributed by atoms with Gasteiger partial charge in [-0.15, -0.1) is 11.8 Å². The number of aromatic nitrogens is 2. The Morgan fingerprint density at radius 3 is 1.14 bits per heavy atom. The van der Waals surface area contributed by atoms with Crippen molar-refractivity contribution in [3.05, 3.63) is 230 Å². The predicted octanol–water partition coefficient (Wildman–Crippen LogP) is 16.8. The van der Waals surface area contributed by atoms with Crippen LogP contribution in [0.2, 0.25) is 0 Å². The van der Waals surface area contributed by atoms with Crippen molar-refractivity contribution in [3.63, 3.8) is 0 Å². The van der Waals surface area contributed by atoms with Gasteiger partial charge in [-0.2, -0.15) is 0 Å². The first-order chi connectivity index (χ1) is 31.2. The van der Waals surface area contributed by atoms with E-state index in [1.807, 2.05) is 0 Å². The Hall–Kier alpha value is -7.33. The summed E-state index contributed by atoms with van der Waals surface area (Å²) in [7, 11) is 0. The highest BCUT2D eigenvalue weighted by Crippen LogP contribution is 2.53. The second-order valence-electron chi connectivity index (χ2n) is 17.2. The largest absolute Gasteiger partial charge is 0.309 e. The number of hydrogen-bond acceptors (Lipinski definition) is 1. The minimum absolute atomic E-state index is 0.487. The zero-order chi connectivity index (χ0) is 41.4. The van der Waals surface area contributed by atoms with Gasteiger partial charge in [0, 0.05) is 43.4 Å². The normalized spacial score (nSPS) is 15.4. The lowest BCUT2D eigenvalue weighted by molar-refractivity contribution is 0.766. The van der Waals surface area contributed by atoms with E-state index < -0.39 is 0 Å². The van der Waals surface area contributed by atoms with Gasteiger partial charge in [0.15, 0.2) is 0 Å². The van der Waals surface area contributed by atoms with Crippen LogP contribution in [0.4, 0.5) is 0 Å². The first-order valence-electron chi connectivity index (χ1n) is 22.1. The van der Waals surface area contributed by atoms with Gasteiger partial charge >= 0.3 is 0 Å². The molecule has 63 heavy (non-hydrogen) atoms. The molecule has 0 bridgehead atoms. The van der Waals surface area contributed by atoms with E-state index in [-0.39, 0.29) is 0 Å². The van der Waals surface area contributed by atoms with Crippen LogP contribution >= 0.6 is 11.8 Å². The fourth-order valence-corrected chi connectivity index (χ4v) is 12.0. The molecule has 3 heterocycles. The molecule has 2 aromatic heterocycles. The van der Waals surface area contributed by atoms with Crippen molar-refractivity contribution in [2.24, 2.45) is 0 Å². The molecule has 298 valence electrons. The zero-order valence-corrected chi connectivity index (χ0v) is 35.5. The molecule has 0 amide bonds. The van der Waals surface area contributed by atoms with E-state index in [0.717, 1.165) is 0 Å². The maximum Gasteiger partial charge on any atom is 0.0547 e. The lowest BCUT2D eigenvalue weighted by Gasteiger charge is -2.15. The molecule has 2 unspecified atom stereocenters. The van der Waals surface area contributed by atoms with Crippen LogP contribution in [0, 0.1) is 0 Å². The third-order valence-electron chi connectivity index (χ3n) is 13.5. The number of nitrogens with zero attached hydrogens (tertiary/aromatic N) is 2. The molecule has 0 radical (unpaired) electrons. The van der Waals surface area contributed by atoms with Gasteiger partial charge in [-0.25, -0.2) is 0 Å². The molecule has 10 aromatic carbocycles. The average Bonchev–Trinajstić information content (AvgIpc) is 4.07. The maximum absolute atomic E-state index is 2.44. The van der Waals surface area contributed by atoms with Gasteiger partial charge in [0.05, 0.1) is 22.1 Å². The molecule has 1 fully saturated rings. The molecule has 1 aliphatic rings. The van der Waals surface area contributed by atoms with Crippen LogP contribution in [0.3, 0.4) is 0 Å². The van der Waals surface area contributed by atoms with E-state index >= 15 is 0 Å². The zero-order valence-electron chi connectivity index (χ0n) is 34.7. The van der Waals surface area contributed by atoms with Crippen LogP contribution < -0.4 is 0 Å². The van der Waals surface area contributed by atoms with E-state index in [9.17, 15) is 0 Å². The van der Waals surface area contributed by atoms with Crippen LogP contribution in [0.15, 0.2) is 218 Å². The SMILES string of the molecule is c1ccc(-n2c3ccccc3c3ccc(-c4ccc5cc(C6CCC(c7ccc8cc(-c9ccc%10c%11ccccc%11n(-c%11ccccc%11)c%10c9)ccc8c7)S6)ccc5c4)cc32)cc1. The molecule has 2 nitrogen and oxygen atoms in total. The summed E-state index contributed by atoms with van der Waals surface area (Å²) in [5.41, 5.74) is 15.1. The summed E-state index contributed by atoms with van der Waals surface area (Å²) in [5.74, 6) is 0. The van der Waals surface area contributed by atoms with Gasteiger partial charge in [-0.1, -0.05) is 158 Å². The van der Waals surface area contributed by atoms with Crippen LogP contribution in [-0.4, -0.2) is 9.13 Å². The minimum atomic E-state index is 0.487. The third kappa shape index (κ3) is 6.10. The quantitative estimate of drug-likeness (QED) is 0.162. The highest BCUT2D eigenvalue weighted by molar-refractivity contribution is 8.00. The van der Waals surface area contributed by atoms with Crippen molar-refractivity contribution in [3.8, 4) is 33.6 Å². The topological polar surface area (TPSA) is 9.86 Å². The Morgan fingerprint density at radius 2 is 0.667 bits per heavy atom. The maximum atomic E-state index is 2.44. The molecule has 12 aromatic rings. The van der Waals surface area contributed by atoms with Gasteiger partial charge in [-0.3, -0.25) is 0 Å². The van der Waals surface area contributed by atoms with E-state index in [1.165, 1.54) is 123 Å².